The third-order valence-corrected chi connectivity index (χ3v) is 3.64. The number of hydrogen-bond acceptors (Lipinski definition) is 5. The van der Waals surface area contributed by atoms with E-state index >= 15 is 0 Å². The molecule has 0 N–H and O–H groups in total. The van der Waals surface area contributed by atoms with Gasteiger partial charge in [-0.05, 0) is 32.2 Å². The maximum absolute atomic E-state index is 11.4. The van der Waals surface area contributed by atoms with Crippen molar-refractivity contribution in [3.05, 3.63) is 0 Å². The molecule has 2 heterocycles. The van der Waals surface area contributed by atoms with Crippen molar-refractivity contribution in [2.24, 2.45) is 0 Å². The van der Waals surface area contributed by atoms with Crippen LogP contribution in [0, 0.1) is 0 Å². The lowest BCUT2D eigenvalue weighted by Gasteiger charge is -2.31. The summed E-state index contributed by atoms with van der Waals surface area (Å²) in [5.41, 5.74) is 0. The number of morpholine rings is 1. The second kappa shape index (κ2) is 7.07. The first-order valence-corrected chi connectivity index (χ1v) is 6.83. The first-order valence-electron chi connectivity index (χ1n) is 6.83. The third-order valence-electron chi connectivity index (χ3n) is 3.64. The molecule has 2 unspecified atom stereocenters. The largest absolute Gasteiger partial charge is 0.467 e. The van der Waals surface area contributed by atoms with Crippen LogP contribution < -0.4 is 0 Å². The Balaban J connectivity index is 1.64. The van der Waals surface area contributed by atoms with Gasteiger partial charge in [0, 0.05) is 19.7 Å². The molecule has 5 nitrogen and oxygen atoms in total. The van der Waals surface area contributed by atoms with Crippen LogP contribution >= 0.6 is 0 Å². The second-order valence-electron chi connectivity index (χ2n) is 4.96. The predicted molar refractivity (Wildman–Crippen MR) is 66.4 cm³/mol. The zero-order valence-electron chi connectivity index (χ0n) is 11.1. The molecule has 2 saturated heterocycles. The molecular weight excluding hydrogens is 234 g/mol. The van der Waals surface area contributed by atoms with Gasteiger partial charge in [-0.2, -0.15) is 0 Å². The summed E-state index contributed by atoms with van der Waals surface area (Å²) in [6.07, 6.45) is 4.70. The lowest BCUT2D eigenvalue weighted by Crippen LogP contribution is -2.46. The van der Waals surface area contributed by atoms with E-state index in [1.165, 1.54) is 20.0 Å². The molecule has 0 aromatic heterocycles. The molecule has 0 radical (unpaired) electrons. The molecule has 104 valence electrons. The first-order chi connectivity index (χ1) is 8.79. The van der Waals surface area contributed by atoms with Crippen molar-refractivity contribution in [2.45, 2.75) is 37.9 Å². The fourth-order valence-electron chi connectivity index (χ4n) is 2.59. The van der Waals surface area contributed by atoms with Crippen LogP contribution in [0.3, 0.4) is 0 Å². The van der Waals surface area contributed by atoms with Crippen molar-refractivity contribution in [1.29, 1.82) is 0 Å². The van der Waals surface area contributed by atoms with Crippen molar-refractivity contribution in [3.63, 3.8) is 0 Å². The Morgan fingerprint density at radius 1 is 1.39 bits per heavy atom. The zero-order valence-corrected chi connectivity index (χ0v) is 11.1. The monoisotopic (exact) mass is 257 g/mol. The third kappa shape index (κ3) is 3.93. The SMILES string of the molecule is COC(=O)C1CN(CCCC2CCCO2)CCO1. The molecule has 0 aromatic rings. The highest BCUT2D eigenvalue weighted by molar-refractivity contribution is 5.74. The summed E-state index contributed by atoms with van der Waals surface area (Å²) in [6.45, 7) is 4.10. The maximum atomic E-state index is 11.4. The van der Waals surface area contributed by atoms with Gasteiger partial charge < -0.3 is 14.2 Å². The van der Waals surface area contributed by atoms with E-state index in [1.807, 2.05) is 0 Å². The first kappa shape index (κ1) is 13.8. The lowest BCUT2D eigenvalue weighted by atomic mass is 10.1. The molecule has 0 saturated carbocycles. The Morgan fingerprint density at radius 2 is 2.28 bits per heavy atom. The second-order valence-corrected chi connectivity index (χ2v) is 4.96. The van der Waals surface area contributed by atoms with Gasteiger partial charge in [-0.1, -0.05) is 0 Å². The highest BCUT2D eigenvalue weighted by Gasteiger charge is 2.27. The van der Waals surface area contributed by atoms with E-state index in [-0.39, 0.29) is 5.97 Å². The summed E-state index contributed by atoms with van der Waals surface area (Å²) in [5, 5.41) is 0. The topological polar surface area (TPSA) is 48.0 Å². The van der Waals surface area contributed by atoms with Crippen LogP contribution in [0.1, 0.15) is 25.7 Å². The molecule has 5 heteroatoms. The van der Waals surface area contributed by atoms with Gasteiger partial charge in [0.05, 0.1) is 19.8 Å². The Bertz CT molecular complexity index is 266. The number of methoxy groups -OCH3 is 1. The highest BCUT2D eigenvalue weighted by Crippen LogP contribution is 2.17. The lowest BCUT2D eigenvalue weighted by molar-refractivity contribution is -0.159. The molecule has 0 amide bonds. The molecule has 2 aliphatic heterocycles. The molecule has 2 fully saturated rings. The standard InChI is InChI=1S/C13H23NO4/c1-16-13(15)12-10-14(7-9-18-12)6-2-4-11-5-3-8-17-11/h11-12H,2-10H2,1H3. The fraction of sp³-hybridized carbons (Fsp3) is 0.923. The Kier molecular flexibility index (Phi) is 5.41. The summed E-state index contributed by atoms with van der Waals surface area (Å²) in [5.74, 6) is -0.265. The highest BCUT2D eigenvalue weighted by atomic mass is 16.6. The number of carbonyl (C=O) groups excluding carboxylic acids is 1. The summed E-state index contributed by atoms with van der Waals surface area (Å²) < 4.78 is 15.7. The molecule has 0 bridgehead atoms. The minimum atomic E-state index is -0.411. The normalized spacial score (nSPS) is 29.4. The smallest absolute Gasteiger partial charge is 0.336 e. The van der Waals surface area contributed by atoms with Crippen LogP contribution in [0.4, 0.5) is 0 Å². The number of ether oxygens (including phenoxy) is 3. The van der Waals surface area contributed by atoms with Crippen molar-refractivity contribution >= 4 is 5.97 Å². The molecule has 2 atom stereocenters. The van der Waals surface area contributed by atoms with Gasteiger partial charge in [-0.15, -0.1) is 0 Å². The van der Waals surface area contributed by atoms with Crippen LogP contribution in [0.2, 0.25) is 0 Å². The van der Waals surface area contributed by atoms with Gasteiger partial charge in [-0.25, -0.2) is 4.79 Å². The van der Waals surface area contributed by atoms with Crippen LogP contribution in [0.15, 0.2) is 0 Å². The van der Waals surface area contributed by atoms with Gasteiger partial charge in [0.15, 0.2) is 6.10 Å². The zero-order chi connectivity index (χ0) is 12.8. The van der Waals surface area contributed by atoms with Gasteiger partial charge in [0.25, 0.3) is 0 Å². The van der Waals surface area contributed by atoms with Crippen molar-refractivity contribution in [2.75, 3.05) is 40.0 Å². The van der Waals surface area contributed by atoms with Crippen molar-refractivity contribution < 1.29 is 19.0 Å². The van der Waals surface area contributed by atoms with Gasteiger partial charge >= 0.3 is 5.97 Å². The van der Waals surface area contributed by atoms with Gasteiger partial charge in [0.2, 0.25) is 0 Å². The van der Waals surface area contributed by atoms with E-state index in [4.69, 9.17) is 14.2 Å². The number of esters is 1. The average Bonchev–Trinajstić information content (AvgIpc) is 2.91. The van der Waals surface area contributed by atoms with Crippen LogP contribution in [-0.2, 0) is 19.0 Å². The minimum absolute atomic E-state index is 0.265. The molecule has 0 aliphatic carbocycles. The summed E-state index contributed by atoms with van der Waals surface area (Å²) in [7, 11) is 1.40. The van der Waals surface area contributed by atoms with Crippen molar-refractivity contribution in [3.8, 4) is 0 Å². The molecular formula is C13H23NO4. The van der Waals surface area contributed by atoms with Gasteiger partial charge in [0.1, 0.15) is 0 Å². The van der Waals surface area contributed by atoms with Crippen LogP contribution in [0.25, 0.3) is 0 Å². The Hall–Kier alpha value is -0.650. The van der Waals surface area contributed by atoms with Crippen LogP contribution in [0.5, 0.6) is 0 Å². The van der Waals surface area contributed by atoms with Crippen LogP contribution in [-0.4, -0.2) is 63.0 Å². The predicted octanol–water partition coefficient (Wildman–Crippen LogP) is 0.819. The van der Waals surface area contributed by atoms with E-state index in [2.05, 4.69) is 4.90 Å². The number of rotatable bonds is 5. The minimum Gasteiger partial charge on any atom is -0.467 e. The van der Waals surface area contributed by atoms with E-state index in [1.54, 1.807) is 0 Å². The number of hydrogen-bond donors (Lipinski definition) is 0. The molecule has 0 aromatic carbocycles. The number of nitrogens with zero attached hydrogens (tertiary/aromatic N) is 1. The van der Waals surface area contributed by atoms with Crippen molar-refractivity contribution in [1.82, 2.24) is 4.90 Å². The summed E-state index contributed by atoms with van der Waals surface area (Å²) in [6, 6.07) is 0. The maximum Gasteiger partial charge on any atom is 0.336 e. The molecule has 2 aliphatic rings. The molecule has 2 rings (SSSR count). The van der Waals surface area contributed by atoms with E-state index < -0.39 is 6.10 Å². The van der Waals surface area contributed by atoms with E-state index in [9.17, 15) is 4.79 Å². The molecule has 18 heavy (non-hydrogen) atoms. The average molecular weight is 257 g/mol. The van der Waals surface area contributed by atoms with Gasteiger partial charge in [-0.3, -0.25) is 4.90 Å². The van der Waals surface area contributed by atoms with E-state index in [0.717, 1.165) is 32.5 Å². The Morgan fingerprint density at radius 3 is 3.00 bits per heavy atom. The van der Waals surface area contributed by atoms with E-state index in [0.29, 0.717) is 19.3 Å². The summed E-state index contributed by atoms with van der Waals surface area (Å²) in [4.78, 5) is 13.7. The Labute approximate surface area is 108 Å². The quantitative estimate of drug-likeness (QED) is 0.682. The number of carbonyl (C=O) groups is 1. The molecule has 0 spiro atoms. The fourth-order valence-corrected chi connectivity index (χ4v) is 2.59. The summed E-state index contributed by atoms with van der Waals surface area (Å²) >= 11 is 0.